The van der Waals surface area contributed by atoms with Gasteiger partial charge in [-0.1, -0.05) is 135 Å². The number of para-hydroxylation sites is 1. The molecule has 4 aromatic carbocycles. The molecule has 1 aromatic heterocycles. The van der Waals surface area contributed by atoms with Crippen molar-refractivity contribution in [1.82, 2.24) is 4.57 Å². The molecular formula is C41H37N. The fraction of sp³-hybridized carbons (Fsp3) is 0.0732. The molecule has 1 nitrogen and oxygen atoms in total. The molecule has 1 heteroatoms. The minimum atomic E-state index is 0.832. The Bertz CT molecular complexity index is 1880. The first-order chi connectivity index (χ1) is 20.6. The van der Waals surface area contributed by atoms with Crippen molar-refractivity contribution >= 4 is 33.0 Å². The van der Waals surface area contributed by atoms with Gasteiger partial charge in [0.2, 0.25) is 0 Å². The molecule has 0 spiro atoms. The lowest BCUT2D eigenvalue weighted by molar-refractivity contribution is 1.18. The summed E-state index contributed by atoms with van der Waals surface area (Å²) in [6, 6.07) is 32.9. The molecule has 0 fully saturated rings. The molecule has 5 aromatic rings. The highest BCUT2D eigenvalue weighted by Gasteiger charge is 2.13. The number of allylic oxidation sites excluding steroid dienone is 11. The van der Waals surface area contributed by atoms with Gasteiger partial charge in [-0.3, -0.25) is 0 Å². The second kappa shape index (κ2) is 13.0. The van der Waals surface area contributed by atoms with E-state index in [0.717, 1.165) is 34.4 Å². The Morgan fingerprint density at radius 2 is 1.38 bits per heavy atom. The monoisotopic (exact) mass is 543 g/mol. The van der Waals surface area contributed by atoms with Crippen LogP contribution in [0.3, 0.4) is 0 Å². The summed E-state index contributed by atoms with van der Waals surface area (Å²) in [5.74, 6) is 0. The van der Waals surface area contributed by atoms with Crippen LogP contribution in [0.25, 0.3) is 49.8 Å². The normalized spacial score (nSPS) is 12.5. The van der Waals surface area contributed by atoms with Crippen molar-refractivity contribution in [2.24, 2.45) is 0 Å². The molecule has 0 saturated heterocycles. The quantitative estimate of drug-likeness (QED) is 0.122. The van der Waals surface area contributed by atoms with Gasteiger partial charge in [0, 0.05) is 16.5 Å². The van der Waals surface area contributed by atoms with Crippen LogP contribution in [-0.2, 0) is 0 Å². The van der Waals surface area contributed by atoms with E-state index in [1.54, 1.807) is 0 Å². The summed E-state index contributed by atoms with van der Waals surface area (Å²) in [5.41, 5.74) is 11.5. The molecule has 5 rings (SSSR count). The maximum absolute atomic E-state index is 4.23. The first kappa shape index (κ1) is 28.4. The standard InChI is InChI=1S/C41H37N/c1-6-10-15-30(5)28-31(9-4)36-24-27-41-39(29-36)38-16-11-12-17-40(38)42(41)37-25-22-35(23-26-37)34-20-18-33(19-21-34)32(13-7-2)14-8-3/h6-14,16-29H,2,4-5,15H2,1,3H3/b10-6-,14-8-,31-28+,32-13+. The number of benzene rings is 4. The first-order valence-electron chi connectivity index (χ1n) is 14.4. The number of fused-ring (bicyclic) bond motifs is 3. The smallest absolute Gasteiger partial charge is 0.0541 e. The molecule has 42 heavy (non-hydrogen) atoms. The summed E-state index contributed by atoms with van der Waals surface area (Å²) in [6.45, 7) is 16.2. The third-order valence-corrected chi connectivity index (χ3v) is 7.52. The van der Waals surface area contributed by atoms with Crippen molar-refractivity contribution in [3.8, 4) is 16.8 Å². The molecule has 0 amide bonds. The Labute approximate surface area is 250 Å². The molecular weight excluding hydrogens is 506 g/mol. The Kier molecular flexibility index (Phi) is 8.80. The number of rotatable bonds is 10. The minimum absolute atomic E-state index is 0.832. The van der Waals surface area contributed by atoms with Gasteiger partial charge in [-0.25, -0.2) is 0 Å². The Balaban J connectivity index is 1.53. The van der Waals surface area contributed by atoms with Crippen molar-refractivity contribution in [1.29, 1.82) is 0 Å². The number of hydrogen-bond donors (Lipinski definition) is 0. The molecule has 1 heterocycles. The van der Waals surface area contributed by atoms with E-state index in [1.165, 1.54) is 38.5 Å². The van der Waals surface area contributed by atoms with E-state index in [4.69, 9.17) is 0 Å². The summed E-state index contributed by atoms with van der Waals surface area (Å²) in [4.78, 5) is 0. The maximum Gasteiger partial charge on any atom is 0.0541 e. The molecule has 206 valence electrons. The molecule has 0 atom stereocenters. The van der Waals surface area contributed by atoms with Gasteiger partial charge in [-0.05, 0) is 84.0 Å². The molecule has 0 radical (unpaired) electrons. The lowest BCUT2D eigenvalue weighted by Gasteiger charge is -2.11. The van der Waals surface area contributed by atoms with Crippen LogP contribution in [-0.4, -0.2) is 4.57 Å². The fourth-order valence-electron chi connectivity index (χ4n) is 5.45. The van der Waals surface area contributed by atoms with Crippen molar-refractivity contribution in [2.45, 2.75) is 20.3 Å². The van der Waals surface area contributed by atoms with Crippen LogP contribution in [0.1, 0.15) is 31.4 Å². The van der Waals surface area contributed by atoms with Crippen molar-refractivity contribution in [2.75, 3.05) is 0 Å². The summed E-state index contributed by atoms with van der Waals surface area (Å²) in [5, 5.41) is 2.45. The zero-order valence-electron chi connectivity index (χ0n) is 24.6. The molecule has 0 aliphatic rings. The third-order valence-electron chi connectivity index (χ3n) is 7.52. The Morgan fingerprint density at radius 1 is 0.714 bits per heavy atom. The Hall–Kier alpha value is -5.14. The molecule has 0 aliphatic carbocycles. The predicted molar refractivity (Wildman–Crippen MR) is 186 cm³/mol. The average molecular weight is 544 g/mol. The SMILES string of the molecule is C=C/C=C(\C=C/C)c1ccc(-c2ccc(-n3c4ccccc4c4cc(/C(C=C)=C/C(=C)C/C=C\C)ccc43)cc2)cc1. The van der Waals surface area contributed by atoms with Crippen LogP contribution in [0.4, 0.5) is 0 Å². The summed E-state index contributed by atoms with van der Waals surface area (Å²) >= 11 is 0. The largest absolute Gasteiger partial charge is 0.309 e. The van der Waals surface area contributed by atoms with E-state index < -0.39 is 0 Å². The van der Waals surface area contributed by atoms with E-state index in [0.29, 0.717) is 0 Å². The van der Waals surface area contributed by atoms with Gasteiger partial charge in [-0.2, -0.15) is 0 Å². The van der Waals surface area contributed by atoms with Crippen LogP contribution in [0.5, 0.6) is 0 Å². The van der Waals surface area contributed by atoms with Crippen molar-refractivity contribution in [3.05, 3.63) is 176 Å². The second-order valence-corrected chi connectivity index (χ2v) is 10.3. The third kappa shape index (κ3) is 5.82. The zero-order valence-corrected chi connectivity index (χ0v) is 24.6. The second-order valence-electron chi connectivity index (χ2n) is 10.3. The van der Waals surface area contributed by atoms with Gasteiger partial charge >= 0.3 is 0 Å². The van der Waals surface area contributed by atoms with Gasteiger partial charge in [-0.15, -0.1) is 0 Å². The highest BCUT2D eigenvalue weighted by molar-refractivity contribution is 6.10. The number of nitrogens with zero attached hydrogens (tertiary/aromatic N) is 1. The molecule has 0 N–H and O–H groups in total. The fourth-order valence-corrected chi connectivity index (χ4v) is 5.45. The molecule has 0 unspecified atom stereocenters. The van der Waals surface area contributed by atoms with E-state index in [1.807, 2.05) is 32.1 Å². The van der Waals surface area contributed by atoms with Crippen LogP contribution >= 0.6 is 0 Å². The van der Waals surface area contributed by atoms with Gasteiger partial charge in [0.25, 0.3) is 0 Å². The van der Waals surface area contributed by atoms with E-state index in [9.17, 15) is 0 Å². The van der Waals surface area contributed by atoms with Crippen molar-refractivity contribution in [3.63, 3.8) is 0 Å². The van der Waals surface area contributed by atoms with Gasteiger partial charge in [0.1, 0.15) is 0 Å². The van der Waals surface area contributed by atoms with Gasteiger partial charge < -0.3 is 4.57 Å². The topological polar surface area (TPSA) is 4.93 Å². The lowest BCUT2D eigenvalue weighted by Crippen LogP contribution is -1.94. The van der Waals surface area contributed by atoms with E-state index in [2.05, 4.69) is 146 Å². The Morgan fingerprint density at radius 3 is 2.05 bits per heavy atom. The minimum Gasteiger partial charge on any atom is -0.309 e. The summed E-state index contributed by atoms with van der Waals surface area (Å²) in [7, 11) is 0. The van der Waals surface area contributed by atoms with Crippen LogP contribution in [0.15, 0.2) is 165 Å². The highest BCUT2D eigenvalue weighted by atomic mass is 15.0. The molecule has 0 saturated carbocycles. The van der Waals surface area contributed by atoms with Crippen LogP contribution in [0, 0.1) is 0 Å². The maximum atomic E-state index is 4.23. The average Bonchev–Trinajstić information content (AvgIpc) is 3.36. The van der Waals surface area contributed by atoms with Crippen LogP contribution < -0.4 is 0 Å². The summed E-state index contributed by atoms with van der Waals surface area (Å²) in [6.07, 6.45) is 17.1. The molecule has 0 bridgehead atoms. The number of aromatic nitrogens is 1. The van der Waals surface area contributed by atoms with E-state index >= 15 is 0 Å². The first-order valence-corrected chi connectivity index (χ1v) is 14.4. The van der Waals surface area contributed by atoms with Gasteiger partial charge in [0.05, 0.1) is 11.0 Å². The zero-order chi connectivity index (χ0) is 29.5. The summed E-state index contributed by atoms with van der Waals surface area (Å²) < 4.78 is 2.35. The van der Waals surface area contributed by atoms with E-state index in [-0.39, 0.29) is 0 Å². The molecule has 0 aliphatic heterocycles. The number of hydrogen-bond acceptors (Lipinski definition) is 0. The highest BCUT2D eigenvalue weighted by Crippen LogP contribution is 2.35. The van der Waals surface area contributed by atoms with Crippen LogP contribution in [0.2, 0.25) is 0 Å². The lowest BCUT2D eigenvalue weighted by atomic mass is 9.99. The predicted octanol–water partition coefficient (Wildman–Crippen LogP) is 11.7. The van der Waals surface area contributed by atoms with Crippen molar-refractivity contribution < 1.29 is 0 Å². The van der Waals surface area contributed by atoms with Gasteiger partial charge in [0.15, 0.2) is 0 Å².